The van der Waals surface area contributed by atoms with Gasteiger partial charge in [0, 0.05) is 11.9 Å². The SMILES string of the molecule is C=C(C)c1nc(CN)cs1. The van der Waals surface area contributed by atoms with Crippen molar-refractivity contribution in [2.45, 2.75) is 13.5 Å². The number of thiazole rings is 1. The smallest absolute Gasteiger partial charge is 0.118 e. The van der Waals surface area contributed by atoms with E-state index in [0.29, 0.717) is 6.54 Å². The van der Waals surface area contributed by atoms with Crippen LogP contribution in [0.3, 0.4) is 0 Å². The fourth-order valence-corrected chi connectivity index (χ4v) is 1.36. The molecule has 1 aromatic heterocycles. The molecule has 0 amide bonds. The van der Waals surface area contributed by atoms with Gasteiger partial charge in [-0.2, -0.15) is 0 Å². The van der Waals surface area contributed by atoms with Crippen LogP contribution in [-0.4, -0.2) is 4.98 Å². The molecule has 0 fully saturated rings. The van der Waals surface area contributed by atoms with Gasteiger partial charge in [0.2, 0.25) is 0 Å². The second-order valence-corrected chi connectivity index (χ2v) is 2.99. The molecule has 0 bridgehead atoms. The van der Waals surface area contributed by atoms with Crippen LogP contribution in [0.2, 0.25) is 0 Å². The van der Waals surface area contributed by atoms with Gasteiger partial charge >= 0.3 is 0 Å². The molecule has 1 aromatic rings. The summed E-state index contributed by atoms with van der Waals surface area (Å²) in [6, 6.07) is 0. The quantitative estimate of drug-likeness (QED) is 0.703. The second kappa shape index (κ2) is 2.94. The van der Waals surface area contributed by atoms with Crippen LogP contribution in [0.4, 0.5) is 0 Å². The Morgan fingerprint density at radius 1 is 1.90 bits per heavy atom. The van der Waals surface area contributed by atoms with Crippen LogP contribution in [0.15, 0.2) is 12.0 Å². The first-order valence-electron chi connectivity index (χ1n) is 3.04. The molecule has 0 aliphatic carbocycles. The Morgan fingerprint density at radius 2 is 2.60 bits per heavy atom. The minimum atomic E-state index is 0.518. The molecule has 1 rings (SSSR count). The highest BCUT2D eigenvalue weighted by molar-refractivity contribution is 7.10. The molecule has 2 N–H and O–H groups in total. The minimum absolute atomic E-state index is 0.518. The van der Waals surface area contributed by atoms with Crippen LogP contribution in [0, 0.1) is 0 Å². The van der Waals surface area contributed by atoms with Crippen molar-refractivity contribution in [3.8, 4) is 0 Å². The highest BCUT2D eigenvalue weighted by atomic mass is 32.1. The highest BCUT2D eigenvalue weighted by Gasteiger charge is 1.98. The van der Waals surface area contributed by atoms with Gasteiger partial charge in [0.05, 0.1) is 5.69 Å². The van der Waals surface area contributed by atoms with Gasteiger partial charge in [-0.1, -0.05) is 6.58 Å². The Morgan fingerprint density at radius 3 is 2.90 bits per heavy atom. The Bertz CT molecular complexity index is 240. The van der Waals surface area contributed by atoms with Crippen molar-refractivity contribution in [1.82, 2.24) is 4.98 Å². The van der Waals surface area contributed by atoms with Crippen molar-refractivity contribution in [1.29, 1.82) is 0 Å². The molecule has 0 atom stereocenters. The van der Waals surface area contributed by atoms with Crippen LogP contribution >= 0.6 is 11.3 Å². The van der Waals surface area contributed by atoms with E-state index < -0.39 is 0 Å². The van der Waals surface area contributed by atoms with E-state index >= 15 is 0 Å². The predicted octanol–water partition coefficient (Wildman–Crippen LogP) is 1.63. The number of nitrogens with zero attached hydrogens (tertiary/aromatic N) is 1. The second-order valence-electron chi connectivity index (χ2n) is 2.13. The zero-order valence-electron chi connectivity index (χ0n) is 5.92. The van der Waals surface area contributed by atoms with Crippen LogP contribution in [-0.2, 0) is 6.54 Å². The average molecular weight is 154 g/mol. The van der Waals surface area contributed by atoms with Crippen LogP contribution in [0.1, 0.15) is 17.6 Å². The predicted molar refractivity (Wildman–Crippen MR) is 44.7 cm³/mol. The molecule has 0 aliphatic rings. The molecule has 0 saturated heterocycles. The van der Waals surface area contributed by atoms with Gasteiger partial charge < -0.3 is 5.73 Å². The first-order valence-corrected chi connectivity index (χ1v) is 3.92. The summed E-state index contributed by atoms with van der Waals surface area (Å²) in [6.07, 6.45) is 0. The van der Waals surface area contributed by atoms with E-state index in [-0.39, 0.29) is 0 Å². The molecular formula is C7H10N2S. The Labute approximate surface area is 64.4 Å². The third kappa shape index (κ3) is 1.43. The van der Waals surface area contributed by atoms with Crippen molar-refractivity contribution in [3.63, 3.8) is 0 Å². The lowest BCUT2D eigenvalue weighted by atomic mass is 10.4. The van der Waals surface area contributed by atoms with Crippen LogP contribution < -0.4 is 5.73 Å². The molecule has 10 heavy (non-hydrogen) atoms. The monoisotopic (exact) mass is 154 g/mol. The largest absolute Gasteiger partial charge is 0.325 e. The minimum Gasteiger partial charge on any atom is -0.325 e. The van der Waals surface area contributed by atoms with E-state index in [9.17, 15) is 0 Å². The summed E-state index contributed by atoms with van der Waals surface area (Å²) in [7, 11) is 0. The Hall–Kier alpha value is -0.670. The van der Waals surface area contributed by atoms with Gasteiger partial charge in [-0.15, -0.1) is 11.3 Å². The maximum Gasteiger partial charge on any atom is 0.118 e. The van der Waals surface area contributed by atoms with Gasteiger partial charge in [0.25, 0.3) is 0 Å². The first kappa shape index (κ1) is 7.44. The van der Waals surface area contributed by atoms with E-state index in [4.69, 9.17) is 5.73 Å². The fourth-order valence-electron chi connectivity index (χ4n) is 0.597. The molecule has 0 saturated carbocycles. The van der Waals surface area contributed by atoms with Gasteiger partial charge in [0.1, 0.15) is 5.01 Å². The van der Waals surface area contributed by atoms with E-state index in [0.717, 1.165) is 16.3 Å². The lowest BCUT2D eigenvalue weighted by molar-refractivity contribution is 1.01. The maximum absolute atomic E-state index is 5.38. The van der Waals surface area contributed by atoms with Gasteiger partial charge in [-0.3, -0.25) is 0 Å². The molecule has 1 heterocycles. The summed E-state index contributed by atoms with van der Waals surface area (Å²) in [4.78, 5) is 4.22. The third-order valence-corrected chi connectivity index (χ3v) is 2.18. The number of allylic oxidation sites excluding steroid dienone is 1. The number of rotatable bonds is 2. The third-order valence-electron chi connectivity index (χ3n) is 1.13. The number of aromatic nitrogens is 1. The fraction of sp³-hybridized carbons (Fsp3) is 0.286. The molecular weight excluding hydrogens is 144 g/mol. The normalized spacial score (nSPS) is 9.80. The Balaban J connectivity index is 2.88. The lowest BCUT2D eigenvalue weighted by Gasteiger charge is -1.87. The van der Waals surface area contributed by atoms with Crippen molar-refractivity contribution in [2.24, 2.45) is 5.73 Å². The first-order chi connectivity index (χ1) is 4.74. The number of hydrogen-bond donors (Lipinski definition) is 1. The summed E-state index contributed by atoms with van der Waals surface area (Å²) >= 11 is 1.59. The van der Waals surface area contributed by atoms with Gasteiger partial charge in [-0.05, 0) is 12.5 Å². The van der Waals surface area contributed by atoms with Crippen LogP contribution in [0.25, 0.3) is 5.57 Å². The van der Waals surface area contributed by atoms with Gasteiger partial charge in [0.15, 0.2) is 0 Å². The van der Waals surface area contributed by atoms with E-state index in [1.807, 2.05) is 12.3 Å². The van der Waals surface area contributed by atoms with Crippen molar-refractivity contribution >= 4 is 16.9 Å². The van der Waals surface area contributed by atoms with E-state index in [1.165, 1.54) is 0 Å². The summed E-state index contributed by atoms with van der Waals surface area (Å²) in [5, 5.41) is 2.95. The molecule has 0 aromatic carbocycles. The molecule has 2 nitrogen and oxygen atoms in total. The lowest BCUT2D eigenvalue weighted by Crippen LogP contribution is -1.95. The number of nitrogens with two attached hydrogens (primary N) is 1. The Kier molecular flexibility index (Phi) is 2.19. The molecule has 0 aliphatic heterocycles. The molecule has 3 heteroatoms. The highest BCUT2D eigenvalue weighted by Crippen LogP contribution is 2.16. The summed E-state index contributed by atoms with van der Waals surface area (Å²) < 4.78 is 0. The molecule has 0 spiro atoms. The van der Waals surface area contributed by atoms with Crippen molar-refractivity contribution in [3.05, 3.63) is 22.7 Å². The van der Waals surface area contributed by atoms with E-state index in [1.54, 1.807) is 11.3 Å². The van der Waals surface area contributed by atoms with Crippen LogP contribution in [0.5, 0.6) is 0 Å². The van der Waals surface area contributed by atoms with E-state index in [2.05, 4.69) is 11.6 Å². The summed E-state index contributed by atoms with van der Waals surface area (Å²) in [5.41, 5.74) is 7.33. The molecule has 54 valence electrons. The molecule has 0 unspecified atom stereocenters. The summed E-state index contributed by atoms with van der Waals surface area (Å²) in [5.74, 6) is 0. The number of hydrogen-bond acceptors (Lipinski definition) is 3. The maximum atomic E-state index is 5.38. The van der Waals surface area contributed by atoms with Gasteiger partial charge in [-0.25, -0.2) is 4.98 Å². The summed E-state index contributed by atoms with van der Waals surface area (Å²) in [6.45, 7) is 6.24. The zero-order chi connectivity index (χ0) is 7.56. The topological polar surface area (TPSA) is 38.9 Å². The molecule has 0 radical (unpaired) electrons. The average Bonchev–Trinajstić information content (AvgIpc) is 2.34. The standard InChI is InChI=1S/C7H10N2S/c1-5(2)7-9-6(3-8)4-10-7/h4H,1,3,8H2,2H3. The van der Waals surface area contributed by atoms with Crippen molar-refractivity contribution in [2.75, 3.05) is 0 Å². The zero-order valence-corrected chi connectivity index (χ0v) is 6.74. The van der Waals surface area contributed by atoms with Crippen molar-refractivity contribution < 1.29 is 0 Å².